The summed E-state index contributed by atoms with van der Waals surface area (Å²) in [5.74, 6) is 0. The molecule has 0 amide bonds. The van der Waals surface area contributed by atoms with Crippen molar-refractivity contribution in [1.29, 1.82) is 0 Å². The van der Waals surface area contributed by atoms with Crippen LogP contribution in [0.4, 0.5) is 5.69 Å². The second-order valence-corrected chi connectivity index (χ2v) is 7.91. The zero-order chi connectivity index (χ0) is 15.6. The Bertz CT molecular complexity index is 776. The highest BCUT2D eigenvalue weighted by Crippen LogP contribution is 2.29. The summed E-state index contributed by atoms with van der Waals surface area (Å²) in [7, 11) is -3.73. The molecule has 0 aliphatic carbocycles. The molecule has 0 atom stereocenters. The zero-order valence-corrected chi connectivity index (χ0v) is 15.1. The summed E-state index contributed by atoms with van der Waals surface area (Å²) in [4.78, 5) is 0.154. The van der Waals surface area contributed by atoms with E-state index in [4.69, 9.17) is 5.11 Å². The third kappa shape index (κ3) is 3.85. The predicted octanol–water partition coefficient (Wildman–Crippen LogP) is 3.81. The standard InChI is InChI=1S/C14H13Br2NO3S/c1-9-2-3-10(8-18)6-14(9)21(19,20)17-13-7-11(15)4-5-12(13)16/h2-7,17-18H,8H2,1H3. The Morgan fingerprint density at radius 1 is 1.14 bits per heavy atom. The molecule has 21 heavy (non-hydrogen) atoms. The molecule has 0 aliphatic heterocycles. The summed E-state index contributed by atoms with van der Waals surface area (Å²) in [6.45, 7) is 1.51. The Morgan fingerprint density at radius 2 is 1.86 bits per heavy atom. The molecule has 0 aromatic heterocycles. The first-order valence-electron chi connectivity index (χ1n) is 6.02. The molecule has 7 heteroatoms. The van der Waals surface area contributed by atoms with E-state index < -0.39 is 10.0 Å². The average molecular weight is 435 g/mol. The smallest absolute Gasteiger partial charge is 0.262 e. The molecule has 0 spiro atoms. The van der Waals surface area contributed by atoms with Crippen molar-refractivity contribution in [3.8, 4) is 0 Å². The van der Waals surface area contributed by atoms with Gasteiger partial charge in [0.2, 0.25) is 0 Å². The quantitative estimate of drug-likeness (QED) is 0.768. The molecule has 2 N–H and O–H groups in total. The summed E-state index contributed by atoms with van der Waals surface area (Å²) >= 11 is 6.62. The van der Waals surface area contributed by atoms with E-state index in [0.29, 0.717) is 21.3 Å². The molecular weight excluding hydrogens is 422 g/mol. The van der Waals surface area contributed by atoms with Crippen molar-refractivity contribution in [2.24, 2.45) is 0 Å². The summed E-state index contributed by atoms with van der Waals surface area (Å²) < 4.78 is 29.0. The van der Waals surface area contributed by atoms with Gasteiger partial charge < -0.3 is 5.11 Å². The van der Waals surface area contributed by atoms with Crippen LogP contribution in [0, 0.1) is 6.92 Å². The molecule has 0 bridgehead atoms. The highest BCUT2D eigenvalue weighted by molar-refractivity contribution is 9.11. The first-order chi connectivity index (χ1) is 9.83. The summed E-state index contributed by atoms with van der Waals surface area (Å²) in [5, 5.41) is 9.16. The third-order valence-corrected chi connectivity index (χ3v) is 5.59. The molecule has 2 rings (SSSR count). The van der Waals surface area contributed by atoms with Crippen molar-refractivity contribution in [3.63, 3.8) is 0 Å². The van der Waals surface area contributed by atoms with E-state index in [1.54, 1.807) is 37.3 Å². The second-order valence-electron chi connectivity index (χ2n) is 4.49. The van der Waals surface area contributed by atoms with Gasteiger partial charge in [-0.15, -0.1) is 0 Å². The molecule has 0 heterocycles. The monoisotopic (exact) mass is 433 g/mol. The van der Waals surface area contributed by atoms with Gasteiger partial charge in [-0.1, -0.05) is 28.1 Å². The Balaban J connectivity index is 2.45. The minimum absolute atomic E-state index is 0.154. The highest BCUT2D eigenvalue weighted by Gasteiger charge is 2.18. The number of anilines is 1. The number of aliphatic hydroxyl groups is 1. The third-order valence-electron chi connectivity index (χ3n) is 2.90. The fourth-order valence-corrected chi connectivity index (χ4v) is 4.01. The van der Waals surface area contributed by atoms with Gasteiger partial charge in [-0.05, 0) is 58.2 Å². The molecule has 0 unspecified atom stereocenters. The van der Waals surface area contributed by atoms with E-state index in [1.807, 2.05) is 0 Å². The number of halogens is 2. The molecule has 0 aliphatic rings. The van der Waals surface area contributed by atoms with Gasteiger partial charge in [0.25, 0.3) is 10.0 Å². The van der Waals surface area contributed by atoms with Gasteiger partial charge in [0, 0.05) is 8.95 Å². The van der Waals surface area contributed by atoms with Crippen molar-refractivity contribution >= 4 is 47.6 Å². The van der Waals surface area contributed by atoms with Gasteiger partial charge in [-0.3, -0.25) is 4.72 Å². The van der Waals surface area contributed by atoms with Crippen LogP contribution in [0.5, 0.6) is 0 Å². The summed E-state index contributed by atoms with van der Waals surface area (Å²) in [6, 6.07) is 10.1. The van der Waals surface area contributed by atoms with E-state index in [0.717, 1.165) is 4.47 Å². The van der Waals surface area contributed by atoms with Gasteiger partial charge >= 0.3 is 0 Å². The molecule has 0 saturated heterocycles. The van der Waals surface area contributed by atoms with Crippen molar-refractivity contribution in [2.75, 3.05) is 4.72 Å². The van der Waals surface area contributed by atoms with E-state index in [9.17, 15) is 8.42 Å². The highest BCUT2D eigenvalue weighted by atomic mass is 79.9. The fourth-order valence-electron chi connectivity index (χ4n) is 1.81. The molecule has 0 saturated carbocycles. The molecule has 0 fully saturated rings. The first kappa shape index (κ1) is 16.5. The predicted molar refractivity (Wildman–Crippen MR) is 89.8 cm³/mol. The van der Waals surface area contributed by atoms with E-state index in [-0.39, 0.29) is 11.5 Å². The second kappa shape index (κ2) is 6.48. The maximum Gasteiger partial charge on any atom is 0.262 e. The number of sulfonamides is 1. The largest absolute Gasteiger partial charge is 0.392 e. The van der Waals surface area contributed by atoms with Crippen LogP contribution in [0.1, 0.15) is 11.1 Å². The number of aliphatic hydroxyl groups excluding tert-OH is 1. The maximum absolute atomic E-state index is 12.5. The molecular formula is C14H13Br2NO3S. The SMILES string of the molecule is Cc1ccc(CO)cc1S(=O)(=O)Nc1cc(Br)ccc1Br. The molecule has 2 aromatic carbocycles. The Labute approximate surface area is 140 Å². The minimum atomic E-state index is -3.73. The lowest BCUT2D eigenvalue weighted by Gasteiger charge is -2.13. The molecule has 4 nitrogen and oxygen atoms in total. The van der Waals surface area contributed by atoms with Gasteiger partial charge in [-0.2, -0.15) is 0 Å². The van der Waals surface area contributed by atoms with Gasteiger partial charge in [-0.25, -0.2) is 8.42 Å². The normalized spacial score (nSPS) is 11.4. The van der Waals surface area contributed by atoms with Crippen LogP contribution in [0.2, 0.25) is 0 Å². The van der Waals surface area contributed by atoms with Crippen LogP contribution in [0.3, 0.4) is 0 Å². The van der Waals surface area contributed by atoms with Crippen LogP contribution in [-0.2, 0) is 16.6 Å². The average Bonchev–Trinajstić information content (AvgIpc) is 2.43. The summed E-state index contributed by atoms with van der Waals surface area (Å²) in [6.07, 6.45) is 0. The molecule has 0 radical (unpaired) electrons. The minimum Gasteiger partial charge on any atom is -0.392 e. The van der Waals surface area contributed by atoms with Crippen molar-refractivity contribution < 1.29 is 13.5 Å². The number of hydrogen-bond donors (Lipinski definition) is 2. The van der Waals surface area contributed by atoms with E-state index in [1.165, 1.54) is 6.07 Å². The maximum atomic E-state index is 12.5. The Kier molecular flexibility index (Phi) is 5.08. The number of hydrogen-bond acceptors (Lipinski definition) is 3. The lowest BCUT2D eigenvalue weighted by atomic mass is 10.2. The molecule has 112 valence electrons. The number of aryl methyl sites for hydroxylation is 1. The van der Waals surface area contributed by atoms with Crippen LogP contribution < -0.4 is 4.72 Å². The van der Waals surface area contributed by atoms with Gasteiger partial charge in [0.05, 0.1) is 17.2 Å². The number of benzene rings is 2. The summed E-state index contributed by atoms with van der Waals surface area (Å²) in [5.41, 5.74) is 1.61. The Morgan fingerprint density at radius 3 is 2.52 bits per heavy atom. The van der Waals surface area contributed by atoms with Gasteiger partial charge in [0.1, 0.15) is 0 Å². The number of rotatable bonds is 4. The van der Waals surface area contributed by atoms with Crippen LogP contribution >= 0.6 is 31.9 Å². The lowest BCUT2D eigenvalue weighted by molar-refractivity contribution is 0.281. The van der Waals surface area contributed by atoms with Crippen LogP contribution in [-0.4, -0.2) is 13.5 Å². The fraction of sp³-hybridized carbons (Fsp3) is 0.143. The van der Waals surface area contributed by atoms with Crippen molar-refractivity contribution in [2.45, 2.75) is 18.4 Å². The number of nitrogens with one attached hydrogen (secondary N) is 1. The zero-order valence-electron chi connectivity index (χ0n) is 11.1. The van der Waals surface area contributed by atoms with Crippen LogP contribution in [0.15, 0.2) is 50.2 Å². The van der Waals surface area contributed by atoms with Crippen molar-refractivity contribution in [3.05, 3.63) is 56.5 Å². The lowest BCUT2D eigenvalue weighted by Crippen LogP contribution is -2.15. The van der Waals surface area contributed by atoms with Crippen LogP contribution in [0.25, 0.3) is 0 Å². The van der Waals surface area contributed by atoms with Gasteiger partial charge in [0.15, 0.2) is 0 Å². The van der Waals surface area contributed by atoms with E-state index in [2.05, 4.69) is 36.6 Å². The molecule has 2 aromatic rings. The van der Waals surface area contributed by atoms with Crippen molar-refractivity contribution in [1.82, 2.24) is 0 Å². The van der Waals surface area contributed by atoms with E-state index >= 15 is 0 Å². The first-order valence-corrected chi connectivity index (χ1v) is 9.08. The topological polar surface area (TPSA) is 66.4 Å². The Hall–Kier alpha value is -0.890.